The summed E-state index contributed by atoms with van der Waals surface area (Å²) in [6.45, 7) is 2.04. The van der Waals surface area contributed by atoms with Gasteiger partial charge in [-0.05, 0) is 55.0 Å². The second-order valence-corrected chi connectivity index (χ2v) is 6.97. The summed E-state index contributed by atoms with van der Waals surface area (Å²) >= 11 is 0. The first kappa shape index (κ1) is 17.3. The molecule has 0 fully saturated rings. The van der Waals surface area contributed by atoms with Crippen molar-refractivity contribution < 1.29 is 23.0 Å². The molecule has 0 aliphatic rings. The van der Waals surface area contributed by atoms with E-state index in [1.54, 1.807) is 24.3 Å². The zero-order chi connectivity index (χ0) is 16.9. The third kappa shape index (κ3) is 4.24. The van der Waals surface area contributed by atoms with E-state index < -0.39 is 15.9 Å². The third-order valence-corrected chi connectivity index (χ3v) is 5.20. The van der Waals surface area contributed by atoms with Crippen molar-refractivity contribution in [3.63, 3.8) is 0 Å². The van der Waals surface area contributed by atoms with E-state index >= 15 is 0 Å². The zero-order valence-electron chi connectivity index (χ0n) is 13.1. The number of hydrogen-bond donors (Lipinski definition) is 1. The highest BCUT2D eigenvalue weighted by molar-refractivity contribution is 7.91. The summed E-state index contributed by atoms with van der Waals surface area (Å²) < 4.78 is 35.5. The Morgan fingerprint density at radius 3 is 1.87 bits per heavy atom. The molecular formula is C17H20O5S. The number of aliphatic hydroxyl groups is 1. The van der Waals surface area contributed by atoms with Crippen molar-refractivity contribution in [3.8, 4) is 11.5 Å². The first-order valence-corrected chi connectivity index (χ1v) is 8.75. The number of benzene rings is 2. The summed E-state index contributed by atoms with van der Waals surface area (Å²) in [4.78, 5) is 0.388. The number of sulfone groups is 1. The van der Waals surface area contributed by atoms with Crippen molar-refractivity contribution in [2.75, 3.05) is 13.7 Å². The molecule has 1 atom stereocenters. The van der Waals surface area contributed by atoms with Gasteiger partial charge in [-0.15, -0.1) is 0 Å². The van der Waals surface area contributed by atoms with Crippen LogP contribution in [0.1, 0.15) is 13.3 Å². The van der Waals surface area contributed by atoms with Gasteiger partial charge in [0.05, 0.1) is 23.0 Å². The molecular weight excluding hydrogens is 316 g/mol. The Bertz CT molecular complexity index is 721. The lowest BCUT2D eigenvalue weighted by atomic mass is 10.3. The van der Waals surface area contributed by atoms with Crippen molar-refractivity contribution in [1.82, 2.24) is 0 Å². The van der Waals surface area contributed by atoms with Crippen LogP contribution in [0.5, 0.6) is 11.5 Å². The highest BCUT2D eigenvalue weighted by Crippen LogP contribution is 2.24. The lowest BCUT2D eigenvalue weighted by Crippen LogP contribution is -2.15. The molecule has 0 aromatic heterocycles. The molecule has 0 bridgehead atoms. The molecule has 23 heavy (non-hydrogen) atoms. The summed E-state index contributed by atoms with van der Waals surface area (Å²) in [5.74, 6) is 1.12. The van der Waals surface area contributed by atoms with E-state index in [0.717, 1.165) is 0 Å². The van der Waals surface area contributed by atoms with Crippen LogP contribution in [0.25, 0.3) is 0 Å². The highest BCUT2D eigenvalue weighted by atomic mass is 32.2. The Kier molecular flexibility index (Phi) is 5.63. The van der Waals surface area contributed by atoms with E-state index in [1.165, 1.54) is 31.4 Å². The van der Waals surface area contributed by atoms with E-state index in [1.807, 2.05) is 6.92 Å². The minimum absolute atomic E-state index is 0.182. The molecule has 6 heteroatoms. The molecule has 2 rings (SSSR count). The quantitative estimate of drug-likeness (QED) is 0.841. The smallest absolute Gasteiger partial charge is 0.206 e. The van der Waals surface area contributed by atoms with Gasteiger partial charge in [0.1, 0.15) is 18.1 Å². The van der Waals surface area contributed by atoms with Crippen LogP contribution in [-0.4, -0.2) is 33.3 Å². The summed E-state index contributed by atoms with van der Waals surface area (Å²) in [6.07, 6.45) is 0.0712. The summed E-state index contributed by atoms with van der Waals surface area (Å²) in [6, 6.07) is 12.4. The van der Waals surface area contributed by atoms with Gasteiger partial charge in [-0.2, -0.15) is 0 Å². The third-order valence-electron chi connectivity index (χ3n) is 3.42. The fourth-order valence-electron chi connectivity index (χ4n) is 1.92. The molecule has 0 spiro atoms. The average molecular weight is 336 g/mol. The highest BCUT2D eigenvalue weighted by Gasteiger charge is 2.17. The van der Waals surface area contributed by atoms with Crippen molar-refractivity contribution in [2.24, 2.45) is 0 Å². The van der Waals surface area contributed by atoms with Crippen LogP contribution in [0.3, 0.4) is 0 Å². The largest absolute Gasteiger partial charge is 0.497 e. The molecule has 0 amide bonds. The van der Waals surface area contributed by atoms with Crippen molar-refractivity contribution in [3.05, 3.63) is 48.5 Å². The minimum atomic E-state index is -3.58. The second kappa shape index (κ2) is 7.48. The number of rotatable bonds is 7. The van der Waals surface area contributed by atoms with Gasteiger partial charge in [0.15, 0.2) is 0 Å². The summed E-state index contributed by atoms with van der Waals surface area (Å²) in [5, 5.41) is 9.46. The Morgan fingerprint density at radius 1 is 0.957 bits per heavy atom. The molecule has 0 aliphatic carbocycles. The molecule has 124 valence electrons. The normalized spacial score (nSPS) is 12.7. The fourth-order valence-corrected chi connectivity index (χ4v) is 3.18. The predicted octanol–water partition coefficient (Wildman–Crippen LogP) is 2.68. The molecule has 5 nitrogen and oxygen atoms in total. The van der Waals surface area contributed by atoms with Gasteiger partial charge in [-0.1, -0.05) is 6.92 Å². The minimum Gasteiger partial charge on any atom is -0.497 e. The Labute approximate surface area is 136 Å². The maximum atomic E-state index is 12.5. The maximum Gasteiger partial charge on any atom is 0.206 e. The summed E-state index contributed by atoms with van der Waals surface area (Å²) in [5.41, 5.74) is 0. The molecule has 0 radical (unpaired) electrons. The number of aliphatic hydroxyl groups excluding tert-OH is 1. The molecule has 2 aromatic carbocycles. The maximum absolute atomic E-state index is 12.5. The molecule has 0 saturated heterocycles. The number of hydrogen-bond acceptors (Lipinski definition) is 5. The van der Waals surface area contributed by atoms with Gasteiger partial charge in [0, 0.05) is 0 Å². The molecule has 0 saturated carbocycles. The molecule has 1 N–H and O–H groups in total. The van der Waals surface area contributed by atoms with Crippen molar-refractivity contribution in [2.45, 2.75) is 29.2 Å². The van der Waals surface area contributed by atoms with Crippen LogP contribution in [0, 0.1) is 0 Å². The van der Waals surface area contributed by atoms with Crippen LogP contribution in [0.4, 0.5) is 0 Å². The average Bonchev–Trinajstić information content (AvgIpc) is 2.60. The lowest BCUT2D eigenvalue weighted by molar-refractivity contribution is 0.104. The van der Waals surface area contributed by atoms with E-state index in [9.17, 15) is 13.5 Å². The molecule has 0 heterocycles. The van der Waals surface area contributed by atoms with Crippen LogP contribution in [0.15, 0.2) is 58.3 Å². The van der Waals surface area contributed by atoms with Crippen LogP contribution < -0.4 is 9.47 Å². The monoisotopic (exact) mass is 336 g/mol. The van der Waals surface area contributed by atoms with E-state index in [2.05, 4.69) is 0 Å². The fraction of sp³-hybridized carbons (Fsp3) is 0.294. The van der Waals surface area contributed by atoms with E-state index in [4.69, 9.17) is 9.47 Å². The van der Waals surface area contributed by atoms with Crippen LogP contribution in [-0.2, 0) is 9.84 Å². The van der Waals surface area contributed by atoms with Gasteiger partial charge < -0.3 is 14.6 Å². The van der Waals surface area contributed by atoms with Gasteiger partial charge in [0.25, 0.3) is 0 Å². The van der Waals surface area contributed by atoms with E-state index in [0.29, 0.717) is 17.9 Å². The Balaban J connectivity index is 2.16. The molecule has 0 aliphatic heterocycles. The van der Waals surface area contributed by atoms with Crippen molar-refractivity contribution in [1.29, 1.82) is 0 Å². The predicted molar refractivity (Wildman–Crippen MR) is 86.7 cm³/mol. The standard InChI is InChI=1S/C17H20O5S/c1-3-13(18)12-22-15-6-10-17(11-7-15)23(19,20)16-8-4-14(21-2)5-9-16/h4-11,13,18H,3,12H2,1-2H3. The van der Waals surface area contributed by atoms with Crippen molar-refractivity contribution >= 4 is 9.84 Å². The van der Waals surface area contributed by atoms with Crippen LogP contribution >= 0.6 is 0 Å². The Morgan fingerprint density at radius 2 is 1.43 bits per heavy atom. The first-order chi connectivity index (χ1) is 11.0. The van der Waals surface area contributed by atoms with Crippen LogP contribution in [0.2, 0.25) is 0 Å². The van der Waals surface area contributed by atoms with Gasteiger partial charge >= 0.3 is 0 Å². The zero-order valence-corrected chi connectivity index (χ0v) is 13.9. The Hall–Kier alpha value is -2.05. The first-order valence-electron chi connectivity index (χ1n) is 7.27. The van der Waals surface area contributed by atoms with E-state index in [-0.39, 0.29) is 16.4 Å². The van der Waals surface area contributed by atoms with Gasteiger partial charge in [0.2, 0.25) is 9.84 Å². The molecule has 2 aromatic rings. The SMILES string of the molecule is CCC(O)COc1ccc(S(=O)(=O)c2ccc(OC)cc2)cc1. The lowest BCUT2D eigenvalue weighted by Gasteiger charge is -2.11. The topological polar surface area (TPSA) is 72.8 Å². The number of methoxy groups -OCH3 is 1. The van der Waals surface area contributed by atoms with Gasteiger partial charge in [-0.25, -0.2) is 8.42 Å². The molecule has 1 unspecified atom stereocenters. The van der Waals surface area contributed by atoms with Gasteiger partial charge in [-0.3, -0.25) is 0 Å². The number of ether oxygens (including phenoxy) is 2. The summed E-state index contributed by atoms with van der Waals surface area (Å²) in [7, 11) is -2.05. The second-order valence-electron chi connectivity index (χ2n) is 5.02.